The second-order valence-corrected chi connectivity index (χ2v) is 3.18. The molecular weight excluding hydrogens is 146 g/mol. The fourth-order valence-electron chi connectivity index (χ4n) is 1.03. The van der Waals surface area contributed by atoms with Crippen molar-refractivity contribution in [3.05, 3.63) is 34.2 Å². The lowest BCUT2D eigenvalue weighted by molar-refractivity contribution is 1.03. The van der Waals surface area contributed by atoms with Gasteiger partial charge in [-0.3, -0.25) is 8.77 Å². The van der Waals surface area contributed by atoms with Crippen molar-refractivity contribution >= 4 is 11.9 Å². The molecule has 0 atom stereocenters. The molecule has 51 valence electrons. The zero-order valence-electron chi connectivity index (χ0n) is 5.33. The van der Waals surface area contributed by atoms with Crippen LogP contribution in [-0.4, -0.2) is 9.73 Å². The summed E-state index contributed by atoms with van der Waals surface area (Å²) < 4.78 is 1.71. The van der Waals surface area contributed by atoms with Crippen LogP contribution >= 0.6 is 11.9 Å². The van der Waals surface area contributed by atoms with Crippen LogP contribution in [0.15, 0.2) is 16.9 Å². The maximum atomic E-state index is 11.0. The quantitative estimate of drug-likeness (QED) is 0.546. The van der Waals surface area contributed by atoms with Crippen LogP contribution in [0, 0.1) is 6.07 Å². The second-order valence-electron chi connectivity index (χ2n) is 2.15. The Morgan fingerprint density at radius 2 is 2.60 bits per heavy atom. The molecule has 0 bridgehead atoms. The third kappa shape index (κ3) is 0.778. The van der Waals surface area contributed by atoms with Gasteiger partial charge in [0, 0.05) is 11.4 Å². The summed E-state index contributed by atoms with van der Waals surface area (Å²) in [6.07, 6.45) is 1.01. The lowest BCUT2D eigenvalue weighted by Gasteiger charge is -1.96. The third-order valence-corrected chi connectivity index (χ3v) is 2.55. The summed E-state index contributed by atoms with van der Waals surface area (Å²) in [4.78, 5) is 11.0. The van der Waals surface area contributed by atoms with Gasteiger partial charge < -0.3 is 0 Å². The van der Waals surface area contributed by atoms with Crippen molar-refractivity contribution in [1.29, 1.82) is 0 Å². The molecule has 3 heteroatoms. The molecule has 2 nitrogen and oxygen atoms in total. The fraction of sp³-hybridized carbons (Fsp3) is 0.286. The number of hydrogen-bond donors (Lipinski definition) is 0. The molecule has 0 saturated carbocycles. The van der Waals surface area contributed by atoms with Crippen molar-refractivity contribution in [2.45, 2.75) is 6.42 Å². The van der Waals surface area contributed by atoms with Gasteiger partial charge in [0.1, 0.15) is 0 Å². The number of aromatic nitrogens is 1. The van der Waals surface area contributed by atoms with Gasteiger partial charge >= 0.3 is 0 Å². The monoisotopic (exact) mass is 152 g/mol. The van der Waals surface area contributed by atoms with E-state index in [0.717, 1.165) is 17.9 Å². The van der Waals surface area contributed by atoms with E-state index in [0.29, 0.717) is 0 Å². The van der Waals surface area contributed by atoms with E-state index in [2.05, 4.69) is 6.07 Å². The SMILES string of the molecule is O=c1[c]ccc2n1SCC2. The van der Waals surface area contributed by atoms with Crippen LogP contribution in [0.25, 0.3) is 0 Å². The van der Waals surface area contributed by atoms with Gasteiger partial charge in [-0.05, 0) is 30.5 Å². The minimum atomic E-state index is -0.0139. The summed E-state index contributed by atoms with van der Waals surface area (Å²) in [6, 6.07) is 6.26. The van der Waals surface area contributed by atoms with Crippen LogP contribution in [-0.2, 0) is 6.42 Å². The van der Waals surface area contributed by atoms with Gasteiger partial charge in [0.25, 0.3) is 5.56 Å². The molecule has 1 aliphatic heterocycles. The third-order valence-electron chi connectivity index (χ3n) is 1.51. The average molecular weight is 152 g/mol. The molecule has 2 heterocycles. The molecule has 1 aromatic heterocycles. The Balaban J connectivity index is 2.70. The number of hydrogen-bond acceptors (Lipinski definition) is 2. The first-order valence-corrected chi connectivity index (χ1v) is 4.08. The van der Waals surface area contributed by atoms with Crippen LogP contribution < -0.4 is 5.56 Å². The Morgan fingerprint density at radius 1 is 1.70 bits per heavy atom. The first kappa shape index (κ1) is 6.04. The lowest BCUT2D eigenvalue weighted by atomic mass is 10.3. The zero-order valence-corrected chi connectivity index (χ0v) is 6.15. The fourth-order valence-corrected chi connectivity index (χ4v) is 2.00. The standard InChI is InChI=1S/C7H6NOS/c9-7-3-1-2-6-4-5-10-8(6)7/h1-2H,4-5H2. The van der Waals surface area contributed by atoms with Crippen molar-refractivity contribution in [3.63, 3.8) is 0 Å². The highest BCUT2D eigenvalue weighted by Gasteiger charge is 2.10. The number of rotatable bonds is 0. The first-order valence-electron chi connectivity index (χ1n) is 3.14. The summed E-state index contributed by atoms with van der Waals surface area (Å²) in [6.45, 7) is 0. The van der Waals surface area contributed by atoms with Crippen LogP contribution in [0.2, 0.25) is 0 Å². The number of fused-ring (bicyclic) bond motifs is 1. The molecule has 1 radical (unpaired) electrons. The van der Waals surface area contributed by atoms with Crippen molar-refractivity contribution in [3.8, 4) is 0 Å². The Bertz CT molecular complexity index is 305. The van der Waals surface area contributed by atoms with Crippen molar-refractivity contribution < 1.29 is 0 Å². The van der Waals surface area contributed by atoms with E-state index in [1.807, 2.05) is 6.07 Å². The van der Waals surface area contributed by atoms with Crippen molar-refractivity contribution in [2.75, 3.05) is 5.75 Å². The molecule has 2 rings (SSSR count). The first-order chi connectivity index (χ1) is 4.88. The topological polar surface area (TPSA) is 22.0 Å². The van der Waals surface area contributed by atoms with Crippen LogP contribution in [0.1, 0.15) is 5.69 Å². The normalized spacial score (nSPS) is 15.2. The molecule has 10 heavy (non-hydrogen) atoms. The largest absolute Gasteiger partial charge is 0.268 e. The summed E-state index contributed by atoms with van der Waals surface area (Å²) >= 11 is 1.57. The molecule has 0 fully saturated rings. The molecule has 0 aliphatic carbocycles. The predicted octanol–water partition coefficient (Wildman–Crippen LogP) is 0.701. The van der Waals surface area contributed by atoms with E-state index in [9.17, 15) is 4.79 Å². The van der Waals surface area contributed by atoms with Gasteiger partial charge in [0.15, 0.2) is 0 Å². The van der Waals surface area contributed by atoms with Gasteiger partial charge in [-0.25, -0.2) is 0 Å². The highest BCUT2D eigenvalue weighted by atomic mass is 32.2. The minimum Gasteiger partial charge on any atom is -0.268 e. The van der Waals surface area contributed by atoms with E-state index in [1.165, 1.54) is 0 Å². The van der Waals surface area contributed by atoms with E-state index < -0.39 is 0 Å². The summed E-state index contributed by atoms with van der Waals surface area (Å²) in [5.74, 6) is 1.02. The van der Waals surface area contributed by atoms with Gasteiger partial charge in [-0.1, -0.05) is 0 Å². The summed E-state index contributed by atoms with van der Waals surface area (Å²) in [7, 11) is 0. The average Bonchev–Trinajstić information content (AvgIpc) is 2.36. The molecule has 0 unspecified atom stereocenters. The maximum absolute atomic E-state index is 11.0. The van der Waals surface area contributed by atoms with Crippen molar-refractivity contribution in [2.24, 2.45) is 0 Å². The van der Waals surface area contributed by atoms with Crippen LogP contribution in [0.4, 0.5) is 0 Å². The molecule has 0 aromatic carbocycles. The van der Waals surface area contributed by atoms with Crippen molar-refractivity contribution in [1.82, 2.24) is 3.97 Å². The minimum absolute atomic E-state index is 0.0139. The van der Waals surface area contributed by atoms with Gasteiger partial charge in [-0.15, -0.1) is 0 Å². The Morgan fingerprint density at radius 3 is 3.40 bits per heavy atom. The Kier molecular flexibility index (Phi) is 1.31. The number of aryl methyl sites for hydroxylation is 1. The molecule has 0 N–H and O–H groups in total. The van der Waals surface area contributed by atoms with Crippen LogP contribution in [0.5, 0.6) is 0 Å². The Hall–Kier alpha value is -0.700. The van der Waals surface area contributed by atoms with Gasteiger partial charge in [0.05, 0.1) is 6.07 Å². The predicted molar refractivity (Wildman–Crippen MR) is 41.1 cm³/mol. The number of nitrogens with zero attached hydrogens (tertiary/aromatic N) is 1. The highest BCUT2D eigenvalue weighted by Crippen LogP contribution is 2.16. The van der Waals surface area contributed by atoms with E-state index >= 15 is 0 Å². The molecule has 1 aromatic rings. The maximum Gasteiger partial charge on any atom is 0.268 e. The van der Waals surface area contributed by atoms with E-state index in [1.54, 1.807) is 22.0 Å². The zero-order chi connectivity index (χ0) is 6.97. The molecular formula is C7H6NOS. The van der Waals surface area contributed by atoms with E-state index in [4.69, 9.17) is 0 Å². The van der Waals surface area contributed by atoms with Gasteiger partial charge in [-0.2, -0.15) is 0 Å². The molecule has 0 saturated heterocycles. The lowest BCUT2D eigenvalue weighted by Crippen LogP contribution is -2.13. The second kappa shape index (κ2) is 2.16. The molecule has 0 amide bonds. The summed E-state index contributed by atoms with van der Waals surface area (Å²) in [5.41, 5.74) is 1.11. The van der Waals surface area contributed by atoms with Gasteiger partial charge in [0.2, 0.25) is 0 Å². The van der Waals surface area contributed by atoms with Crippen LogP contribution in [0.3, 0.4) is 0 Å². The number of pyridine rings is 1. The van der Waals surface area contributed by atoms with E-state index in [-0.39, 0.29) is 5.56 Å². The highest BCUT2D eigenvalue weighted by molar-refractivity contribution is 7.98. The molecule has 1 aliphatic rings. The molecule has 0 spiro atoms. The Labute approximate surface area is 63.0 Å². The smallest absolute Gasteiger partial charge is 0.268 e. The summed E-state index contributed by atoms with van der Waals surface area (Å²) in [5, 5.41) is 0.